The van der Waals surface area contributed by atoms with Crippen LogP contribution in [0.1, 0.15) is 37.1 Å². The molecule has 0 aliphatic heterocycles. The van der Waals surface area contributed by atoms with E-state index in [9.17, 15) is 9.90 Å². The summed E-state index contributed by atoms with van der Waals surface area (Å²) in [6.07, 6.45) is 4.79. The average molecular weight is 286 g/mol. The van der Waals surface area contributed by atoms with Gasteiger partial charge in [-0.2, -0.15) is 0 Å². The Labute approximate surface area is 123 Å². The molecule has 0 bridgehead atoms. The van der Waals surface area contributed by atoms with E-state index in [0.717, 1.165) is 12.0 Å². The SMILES string of the molecule is CCCC(C(=O)O)c1ccc(OCc2ncccn2)cc1. The molecule has 1 N–H and O–H groups in total. The van der Waals surface area contributed by atoms with Gasteiger partial charge in [0.2, 0.25) is 0 Å². The summed E-state index contributed by atoms with van der Waals surface area (Å²) in [5.41, 5.74) is 0.799. The molecule has 0 fully saturated rings. The Morgan fingerprint density at radius 1 is 1.24 bits per heavy atom. The molecule has 0 saturated carbocycles. The molecule has 0 spiro atoms. The van der Waals surface area contributed by atoms with Crippen molar-refractivity contribution in [1.82, 2.24) is 9.97 Å². The Morgan fingerprint density at radius 2 is 1.90 bits per heavy atom. The molecule has 1 atom stereocenters. The van der Waals surface area contributed by atoms with Crippen LogP contribution < -0.4 is 4.74 Å². The van der Waals surface area contributed by atoms with Gasteiger partial charge in [-0.3, -0.25) is 4.79 Å². The highest BCUT2D eigenvalue weighted by Gasteiger charge is 2.18. The van der Waals surface area contributed by atoms with Gasteiger partial charge in [-0.1, -0.05) is 25.5 Å². The number of aliphatic carboxylic acids is 1. The first-order valence-corrected chi connectivity index (χ1v) is 6.92. The predicted octanol–water partition coefficient (Wildman–Crippen LogP) is 3.02. The first-order valence-electron chi connectivity index (χ1n) is 6.92. The zero-order valence-electron chi connectivity index (χ0n) is 11.9. The fourth-order valence-corrected chi connectivity index (χ4v) is 2.07. The fourth-order valence-electron chi connectivity index (χ4n) is 2.07. The molecule has 0 aliphatic carbocycles. The highest BCUT2D eigenvalue weighted by molar-refractivity contribution is 5.76. The lowest BCUT2D eigenvalue weighted by molar-refractivity contribution is -0.139. The van der Waals surface area contributed by atoms with E-state index in [1.807, 2.05) is 6.92 Å². The summed E-state index contributed by atoms with van der Waals surface area (Å²) in [4.78, 5) is 19.4. The van der Waals surface area contributed by atoms with Gasteiger partial charge in [-0.15, -0.1) is 0 Å². The summed E-state index contributed by atoms with van der Waals surface area (Å²) >= 11 is 0. The van der Waals surface area contributed by atoms with Crippen molar-refractivity contribution in [3.63, 3.8) is 0 Å². The molecule has 5 nitrogen and oxygen atoms in total. The van der Waals surface area contributed by atoms with E-state index >= 15 is 0 Å². The molecule has 21 heavy (non-hydrogen) atoms. The second kappa shape index (κ2) is 7.38. The van der Waals surface area contributed by atoms with E-state index in [2.05, 4.69) is 9.97 Å². The molecule has 0 saturated heterocycles. The summed E-state index contributed by atoms with van der Waals surface area (Å²) in [7, 11) is 0. The molecular formula is C16H18N2O3. The van der Waals surface area contributed by atoms with Crippen molar-refractivity contribution in [2.24, 2.45) is 0 Å². The molecule has 0 radical (unpaired) electrons. The smallest absolute Gasteiger partial charge is 0.310 e. The second-order valence-electron chi connectivity index (χ2n) is 4.70. The van der Waals surface area contributed by atoms with Crippen molar-refractivity contribution in [2.75, 3.05) is 0 Å². The number of nitrogens with zero attached hydrogens (tertiary/aromatic N) is 2. The third kappa shape index (κ3) is 4.27. The Morgan fingerprint density at radius 3 is 2.48 bits per heavy atom. The summed E-state index contributed by atoms with van der Waals surface area (Å²) < 4.78 is 5.57. The minimum absolute atomic E-state index is 0.289. The molecule has 1 unspecified atom stereocenters. The zero-order chi connectivity index (χ0) is 15.1. The third-order valence-electron chi connectivity index (χ3n) is 3.15. The maximum atomic E-state index is 11.2. The molecule has 1 aromatic carbocycles. The zero-order valence-corrected chi connectivity index (χ0v) is 11.9. The average Bonchev–Trinajstić information content (AvgIpc) is 2.52. The van der Waals surface area contributed by atoms with Crippen LogP contribution in [0, 0.1) is 0 Å². The van der Waals surface area contributed by atoms with Gasteiger partial charge < -0.3 is 9.84 Å². The number of rotatable bonds is 7. The molecule has 1 aromatic heterocycles. The number of carboxylic acids is 1. The Hall–Kier alpha value is -2.43. The van der Waals surface area contributed by atoms with Crippen LogP contribution in [-0.4, -0.2) is 21.0 Å². The topological polar surface area (TPSA) is 72.3 Å². The summed E-state index contributed by atoms with van der Waals surface area (Å²) in [5, 5.41) is 9.23. The van der Waals surface area contributed by atoms with Gasteiger partial charge in [0.05, 0.1) is 5.92 Å². The van der Waals surface area contributed by atoms with Crippen LogP contribution in [0.2, 0.25) is 0 Å². The summed E-state index contributed by atoms with van der Waals surface area (Å²) in [6.45, 7) is 2.27. The first-order chi connectivity index (χ1) is 10.2. The van der Waals surface area contributed by atoms with E-state index in [1.165, 1.54) is 0 Å². The molecule has 1 heterocycles. The lowest BCUT2D eigenvalue weighted by Crippen LogP contribution is -2.11. The number of carbonyl (C=O) groups is 1. The number of hydrogen-bond acceptors (Lipinski definition) is 4. The van der Waals surface area contributed by atoms with Crippen LogP contribution in [0.3, 0.4) is 0 Å². The van der Waals surface area contributed by atoms with Crippen molar-refractivity contribution in [3.05, 3.63) is 54.1 Å². The molecule has 2 aromatic rings. The minimum atomic E-state index is -0.789. The minimum Gasteiger partial charge on any atom is -0.486 e. The lowest BCUT2D eigenvalue weighted by atomic mass is 9.95. The van der Waals surface area contributed by atoms with Crippen molar-refractivity contribution in [1.29, 1.82) is 0 Å². The van der Waals surface area contributed by atoms with Crippen LogP contribution in [0.4, 0.5) is 0 Å². The van der Waals surface area contributed by atoms with Gasteiger partial charge >= 0.3 is 5.97 Å². The van der Waals surface area contributed by atoms with Crippen molar-refractivity contribution in [3.8, 4) is 5.75 Å². The number of ether oxygens (including phenoxy) is 1. The largest absolute Gasteiger partial charge is 0.486 e. The van der Waals surface area contributed by atoms with Crippen molar-refractivity contribution >= 4 is 5.97 Å². The van der Waals surface area contributed by atoms with Gasteiger partial charge in [-0.05, 0) is 30.2 Å². The first kappa shape index (κ1) is 15.0. The highest BCUT2D eigenvalue weighted by Crippen LogP contribution is 2.24. The van der Waals surface area contributed by atoms with Gasteiger partial charge in [0.15, 0.2) is 5.82 Å². The standard InChI is InChI=1S/C16H18N2O3/c1-2-4-14(16(19)20)12-5-7-13(8-6-12)21-11-15-17-9-3-10-18-15/h3,5-10,14H,2,4,11H2,1H3,(H,19,20). The number of carboxylic acid groups (broad SMARTS) is 1. The van der Waals surface area contributed by atoms with Crippen LogP contribution in [-0.2, 0) is 11.4 Å². The monoisotopic (exact) mass is 286 g/mol. The molecule has 5 heteroatoms. The number of hydrogen-bond donors (Lipinski definition) is 1. The molecule has 0 amide bonds. The Bertz CT molecular complexity index is 570. The quantitative estimate of drug-likeness (QED) is 0.847. The Kier molecular flexibility index (Phi) is 5.26. The highest BCUT2D eigenvalue weighted by atomic mass is 16.5. The lowest BCUT2D eigenvalue weighted by Gasteiger charge is -2.12. The van der Waals surface area contributed by atoms with Crippen LogP contribution in [0.15, 0.2) is 42.7 Å². The van der Waals surface area contributed by atoms with E-state index in [1.54, 1.807) is 42.7 Å². The third-order valence-corrected chi connectivity index (χ3v) is 3.15. The maximum Gasteiger partial charge on any atom is 0.310 e. The summed E-state index contributed by atoms with van der Waals surface area (Å²) in [6, 6.07) is 8.91. The normalized spacial score (nSPS) is 11.9. The van der Waals surface area contributed by atoms with E-state index < -0.39 is 11.9 Å². The second-order valence-corrected chi connectivity index (χ2v) is 4.70. The molecule has 2 rings (SSSR count). The molecular weight excluding hydrogens is 268 g/mol. The van der Waals surface area contributed by atoms with Crippen molar-refractivity contribution in [2.45, 2.75) is 32.3 Å². The molecule has 110 valence electrons. The number of aromatic nitrogens is 2. The number of benzene rings is 1. The van der Waals surface area contributed by atoms with E-state index in [-0.39, 0.29) is 6.61 Å². The van der Waals surface area contributed by atoms with Gasteiger partial charge in [-0.25, -0.2) is 9.97 Å². The van der Waals surface area contributed by atoms with E-state index in [4.69, 9.17) is 4.74 Å². The van der Waals surface area contributed by atoms with Gasteiger partial charge in [0, 0.05) is 12.4 Å². The maximum absolute atomic E-state index is 11.2. The van der Waals surface area contributed by atoms with Crippen LogP contribution in [0.25, 0.3) is 0 Å². The van der Waals surface area contributed by atoms with Crippen LogP contribution in [0.5, 0.6) is 5.75 Å². The summed E-state index contributed by atoms with van der Waals surface area (Å²) in [5.74, 6) is 0.0347. The van der Waals surface area contributed by atoms with E-state index in [0.29, 0.717) is 18.0 Å². The van der Waals surface area contributed by atoms with Gasteiger partial charge in [0.25, 0.3) is 0 Å². The fraction of sp³-hybridized carbons (Fsp3) is 0.312. The molecule has 0 aliphatic rings. The van der Waals surface area contributed by atoms with Crippen LogP contribution >= 0.6 is 0 Å². The van der Waals surface area contributed by atoms with Gasteiger partial charge in [0.1, 0.15) is 12.4 Å². The predicted molar refractivity (Wildman–Crippen MR) is 78.1 cm³/mol. The Balaban J connectivity index is 1.99. The van der Waals surface area contributed by atoms with Crippen molar-refractivity contribution < 1.29 is 14.6 Å².